The molecule has 0 aliphatic heterocycles. The average Bonchev–Trinajstić information content (AvgIpc) is 2.92. The minimum atomic E-state index is -0.862. The van der Waals surface area contributed by atoms with Gasteiger partial charge in [-0.3, -0.25) is 4.79 Å². The molecular weight excluding hydrogens is 327 g/mol. The highest BCUT2D eigenvalue weighted by Gasteiger charge is 2.13. The number of rotatable bonds is 6. The molecule has 0 aliphatic rings. The van der Waals surface area contributed by atoms with E-state index in [9.17, 15) is 9.90 Å². The smallest absolute Gasteiger partial charge is 0.267 e. The minimum absolute atomic E-state index is 0.00647. The first-order chi connectivity index (χ1) is 10.5. The Morgan fingerprint density at radius 1 is 1.36 bits per heavy atom. The molecule has 1 aromatic heterocycles. The van der Waals surface area contributed by atoms with Gasteiger partial charge < -0.3 is 19.7 Å². The zero-order valence-electron chi connectivity index (χ0n) is 11.9. The van der Waals surface area contributed by atoms with Gasteiger partial charge in [-0.25, -0.2) is 0 Å². The zero-order valence-corrected chi connectivity index (χ0v) is 13.4. The van der Waals surface area contributed by atoms with E-state index in [1.807, 2.05) is 0 Å². The summed E-state index contributed by atoms with van der Waals surface area (Å²) in [5, 5.41) is 13.2. The van der Waals surface area contributed by atoms with Crippen LogP contribution >= 0.6 is 23.2 Å². The van der Waals surface area contributed by atoms with E-state index in [0.717, 1.165) is 0 Å². The van der Waals surface area contributed by atoms with Gasteiger partial charge in [-0.05, 0) is 24.3 Å². The van der Waals surface area contributed by atoms with Crippen LogP contribution in [0.1, 0.15) is 10.5 Å². The van der Waals surface area contributed by atoms with Gasteiger partial charge in [-0.15, -0.1) is 0 Å². The summed E-state index contributed by atoms with van der Waals surface area (Å²) in [6.07, 6.45) is 0.912. The number of aryl methyl sites for hydroxylation is 1. The van der Waals surface area contributed by atoms with Crippen LogP contribution in [0.15, 0.2) is 36.5 Å². The van der Waals surface area contributed by atoms with E-state index in [2.05, 4.69) is 5.32 Å². The Balaban J connectivity index is 1.81. The maximum Gasteiger partial charge on any atom is 0.267 e. The fourth-order valence-electron chi connectivity index (χ4n) is 1.84. The van der Waals surface area contributed by atoms with E-state index in [1.165, 1.54) is 0 Å². The molecule has 0 radical (unpaired) electrons. The quantitative estimate of drug-likeness (QED) is 0.847. The van der Waals surface area contributed by atoms with E-state index >= 15 is 0 Å². The lowest BCUT2D eigenvalue weighted by molar-refractivity contribution is 0.0837. The second-order valence-electron chi connectivity index (χ2n) is 4.73. The highest BCUT2D eigenvalue weighted by Crippen LogP contribution is 2.31. The van der Waals surface area contributed by atoms with Gasteiger partial charge in [0.25, 0.3) is 5.91 Å². The summed E-state index contributed by atoms with van der Waals surface area (Å²) in [5.41, 5.74) is 0.519. The Hall–Kier alpha value is -1.69. The number of hydrogen-bond acceptors (Lipinski definition) is 3. The summed E-state index contributed by atoms with van der Waals surface area (Å²) in [6, 6.07) is 8.48. The highest BCUT2D eigenvalue weighted by atomic mass is 35.5. The molecular formula is C15H16Cl2N2O3. The SMILES string of the molecule is Cn1cccc1C(=O)NCC(O)COc1cccc(Cl)c1Cl. The van der Waals surface area contributed by atoms with Crippen LogP contribution in [-0.4, -0.2) is 34.8 Å². The molecule has 0 fully saturated rings. The third-order valence-electron chi connectivity index (χ3n) is 3.02. The molecule has 0 aliphatic carbocycles. The Bertz CT molecular complexity index is 658. The first kappa shape index (κ1) is 16.7. The fourth-order valence-corrected chi connectivity index (χ4v) is 2.18. The third kappa shape index (κ3) is 4.16. The van der Waals surface area contributed by atoms with Gasteiger partial charge in [0.2, 0.25) is 0 Å². The van der Waals surface area contributed by atoms with Crippen molar-refractivity contribution in [2.24, 2.45) is 7.05 Å². The number of carbonyl (C=O) groups excluding carboxylic acids is 1. The summed E-state index contributed by atoms with van der Waals surface area (Å²) in [6.45, 7) is 0.0652. The van der Waals surface area contributed by atoms with Crippen molar-refractivity contribution in [3.8, 4) is 5.75 Å². The molecule has 1 atom stereocenters. The van der Waals surface area contributed by atoms with Crippen molar-refractivity contribution in [1.29, 1.82) is 0 Å². The first-order valence-corrected chi connectivity index (χ1v) is 7.39. The molecule has 0 saturated carbocycles. The monoisotopic (exact) mass is 342 g/mol. The van der Waals surface area contributed by atoms with Crippen molar-refractivity contribution in [3.05, 3.63) is 52.3 Å². The number of amides is 1. The van der Waals surface area contributed by atoms with Crippen molar-refractivity contribution >= 4 is 29.1 Å². The second kappa shape index (κ2) is 7.54. The van der Waals surface area contributed by atoms with Crippen molar-refractivity contribution in [2.45, 2.75) is 6.10 Å². The van der Waals surface area contributed by atoms with Gasteiger partial charge in [0, 0.05) is 19.8 Å². The summed E-state index contributed by atoms with van der Waals surface area (Å²) >= 11 is 11.8. The highest BCUT2D eigenvalue weighted by molar-refractivity contribution is 6.42. The van der Waals surface area contributed by atoms with Gasteiger partial charge in [0.05, 0.1) is 5.02 Å². The van der Waals surface area contributed by atoms with Crippen molar-refractivity contribution in [1.82, 2.24) is 9.88 Å². The molecule has 1 aromatic carbocycles. The molecule has 5 nitrogen and oxygen atoms in total. The van der Waals surface area contributed by atoms with Crippen molar-refractivity contribution in [3.63, 3.8) is 0 Å². The summed E-state index contributed by atoms with van der Waals surface area (Å²) in [4.78, 5) is 11.9. The van der Waals surface area contributed by atoms with E-state index in [0.29, 0.717) is 21.5 Å². The van der Waals surface area contributed by atoms with Gasteiger partial charge in [-0.1, -0.05) is 29.3 Å². The second-order valence-corrected chi connectivity index (χ2v) is 5.52. The molecule has 0 bridgehead atoms. The lowest BCUT2D eigenvalue weighted by Gasteiger charge is -2.14. The molecule has 1 amide bonds. The standard InChI is InChI=1S/C15H16Cl2N2O3/c1-19-7-3-5-12(19)15(21)18-8-10(20)9-22-13-6-2-4-11(16)14(13)17/h2-7,10,20H,8-9H2,1H3,(H,18,21). The van der Waals surface area contributed by atoms with Crippen molar-refractivity contribution in [2.75, 3.05) is 13.2 Å². The Kier molecular flexibility index (Phi) is 5.71. The van der Waals surface area contributed by atoms with E-state index < -0.39 is 6.10 Å². The Morgan fingerprint density at radius 2 is 2.14 bits per heavy atom. The normalized spacial score (nSPS) is 12.0. The van der Waals surface area contributed by atoms with Gasteiger partial charge >= 0.3 is 0 Å². The van der Waals surface area contributed by atoms with Crippen LogP contribution < -0.4 is 10.1 Å². The number of carbonyl (C=O) groups is 1. The number of aromatic nitrogens is 1. The Morgan fingerprint density at radius 3 is 2.82 bits per heavy atom. The average molecular weight is 343 g/mol. The largest absolute Gasteiger partial charge is 0.489 e. The molecule has 1 heterocycles. The summed E-state index contributed by atoms with van der Waals surface area (Å²) in [5.74, 6) is 0.134. The topological polar surface area (TPSA) is 63.5 Å². The molecule has 2 rings (SSSR count). The van der Waals surface area contributed by atoms with Crippen LogP contribution in [0.4, 0.5) is 0 Å². The third-order valence-corrected chi connectivity index (χ3v) is 3.82. The molecule has 0 saturated heterocycles. The number of nitrogens with zero attached hydrogens (tertiary/aromatic N) is 1. The predicted octanol–water partition coefficient (Wildman–Crippen LogP) is 2.50. The number of aliphatic hydroxyl groups excluding tert-OH is 1. The van der Waals surface area contributed by atoms with E-state index in [1.54, 1.807) is 48.1 Å². The van der Waals surface area contributed by atoms with E-state index in [4.69, 9.17) is 27.9 Å². The van der Waals surface area contributed by atoms with Crippen LogP contribution in [0, 0.1) is 0 Å². The predicted molar refractivity (Wildman–Crippen MR) is 85.7 cm³/mol. The fraction of sp³-hybridized carbons (Fsp3) is 0.267. The first-order valence-electron chi connectivity index (χ1n) is 6.63. The molecule has 2 aromatic rings. The van der Waals surface area contributed by atoms with Gasteiger partial charge in [0.15, 0.2) is 0 Å². The number of halogens is 2. The molecule has 118 valence electrons. The number of hydrogen-bond donors (Lipinski definition) is 2. The van der Waals surface area contributed by atoms with E-state index in [-0.39, 0.29) is 19.1 Å². The lowest BCUT2D eigenvalue weighted by Crippen LogP contribution is -2.36. The summed E-state index contributed by atoms with van der Waals surface area (Å²) < 4.78 is 7.10. The van der Waals surface area contributed by atoms with Gasteiger partial charge in [-0.2, -0.15) is 0 Å². The van der Waals surface area contributed by atoms with Crippen LogP contribution in [0.5, 0.6) is 5.75 Å². The number of nitrogens with one attached hydrogen (secondary N) is 1. The molecule has 2 N–H and O–H groups in total. The van der Waals surface area contributed by atoms with Crippen molar-refractivity contribution < 1.29 is 14.6 Å². The summed E-state index contributed by atoms with van der Waals surface area (Å²) in [7, 11) is 1.77. The Labute approximate surface area is 138 Å². The number of aliphatic hydroxyl groups is 1. The molecule has 22 heavy (non-hydrogen) atoms. The number of ether oxygens (including phenoxy) is 1. The molecule has 0 spiro atoms. The minimum Gasteiger partial charge on any atom is -0.489 e. The maximum absolute atomic E-state index is 11.9. The molecule has 1 unspecified atom stereocenters. The lowest BCUT2D eigenvalue weighted by atomic mass is 10.3. The van der Waals surface area contributed by atoms with Gasteiger partial charge in [0.1, 0.15) is 29.2 Å². The van der Waals surface area contributed by atoms with Crippen LogP contribution in [0.25, 0.3) is 0 Å². The van der Waals surface area contributed by atoms with Crippen LogP contribution in [0.3, 0.4) is 0 Å². The maximum atomic E-state index is 11.9. The van der Waals surface area contributed by atoms with Crippen LogP contribution in [-0.2, 0) is 7.05 Å². The number of benzene rings is 1. The molecule has 7 heteroatoms. The van der Waals surface area contributed by atoms with Crippen LogP contribution in [0.2, 0.25) is 10.0 Å². The zero-order chi connectivity index (χ0) is 16.1.